The third-order valence-corrected chi connectivity index (χ3v) is 4.86. The molecule has 4 heterocycles. The van der Waals surface area contributed by atoms with Crippen LogP contribution in [0.15, 0.2) is 16.5 Å². The molecule has 0 radical (unpaired) electrons. The second kappa shape index (κ2) is 7.92. The molecule has 0 spiro atoms. The number of aryl methyl sites for hydroxylation is 1. The fraction of sp³-hybridized carbons (Fsp3) is 0.450. The molecule has 8 heteroatoms. The van der Waals surface area contributed by atoms with Gasteiger partial charge in [0.25, 0.3) is 0 Å². The van der Waals surface area contributed by atoms with Gasteiger partial charge < -0.3 is 14.3 Å². The molecule has 0 amide bonds. The highest BCUT2D eigenvalue weighted by Crippen LogP contribution is 2.35. The van der Waals surface area contributed by atoms with E-state index in [9.17, 15) is 5.11 Å². The summed E-state index contributed by atoms with van der Waals surface area (Å²) in [6.07, 6.45) is 2.09. The molecule has 28 heavy (non-hydrogen) atoms. The molecule has 0 bridgehead atoms. The summed E-state index contributed by atoms with van der Waals surface area (Å²) in [7, 11) is 0. The van der Waals surface area contributed by atoms with Gasteiger partial charge in [0.2, 0.25) is 5.82 Å². The maximum absolute atomic E-state index is 10.4. The first-order valence-corrected chi connectivity index (χ1v) is 9.77. The number of fused-ring (bicyclic) bond motifs is 1. The van der Waals surface area contributed by atoms with Crippen LogP contribution < -0.4 is 0 Å². The Morgan fingerprint density at radius 3 is 2.86 bits per heavy atom. The van der Waals surface area contributed by atoms with Gasteiger partial charge in [-0.2, -0.15) is 0 Å². The van der Waals surface area contributed by atoms with Crippen molar-refractivity contribution < 1.29 is 14.3 Å². The second-order valence-corrected chi connectivity index (χ2v) is 7.11. The van der Waals surface area contributed by atoms with Crippen molar-refractivity contribution in [3.05, 3.63) is 28.9 Å². The lowest BCUT2D eigenvalue weighted by Crippen LogP contribution is -2.20. The Kier molecular flexibility index (Phi) is 5.36. The Labute approximate surface area is 167 Å². The van der Waals surface area contributed by atoms with E-state index < -0.39 is 12.3 Å². The van der Waals surface area contributed by atoms with Crippen LogP contribution in [-0.4, -0.2) is 37.3 Å². The molecule has 146 valence electrons. The van der Waals surface area contributed by atoms with Gasteiger partial charge in [0.15, 0.2) is 28.6 Å². The van der Waals surface area contributed by atoms with Crippen LogP contribution in [0, 0.1) is 18.8 Å². The quantitative estimate of drug-likeness (QED) is 0.406. The predicted molar refractivity (Wildman–Crippen MR) is 105 cm³/mol. The summed E-state index contributed by atoms with van der Waals surface area (Å²) in [5, 5.41) is 10.6. The molecular weight excluding hydrogens is 380 g/mol. The van der Waals surface area contributed by atoms with Gasteiger partial charge in [-0.05, 0) is 31.4 Å². The lowest BCUT2D eigenvalue weighted by atomic mass is 10.2. The van der Waals surface area contributed by atoms with Crippen molar-refractivity contribution >= 4 is 22.8 Å². The minimum Gasteiger partial charge on any atom is -0.458 e. The third kappa shape index (κ3) is 3.51. The maximum Gasteiger partial charge on any atom is 0.208 e. The van der Waals surface area contributed by atoms with Crippen LogP contribution >= 0.6 is 11.6 Å². The van der Waals surface area contributed by atoms with Gasteiger partial charge in [-0.1, -0.05) is 30.9 Å². The first-order valence-electron chi connectivity index (χ1n) is 9.39. The van der Waals surface area contributed by atoms with Gasteiger partial charge in [-0.15, -0.1) is 0 Å². The van der Waals surface area contributed by atoms with Gasteiger partial charge in [0.05, 0.1) is 6.61 Å². The van der Waals surface area contributed by atoms with E-state index >= 15 is 0 Å². The molecular formula is C20H21ClN4O3. The lowest BCUT2D eigenvalue weighted by Gasteiger charge is -2.18. The highest BCUT2D eigenvalue weighted by molar-refractivity contribution is 6.33. The molecule has 3 aromatic heterocycles. The van der Waals surface area contributed by atoms with E-state index in [0.717, 1.165) is 25.0 Å². The summed E-state index contributed by atoms with van der Waals surface area (Å²) in [6.45, 7) is 4.42. The minimum absolute atomic E-state index is 0.209. The number of furan rings is 1. The van der Waals surface area contributed by atoms with Crippen LogP contribution in [0.2, 0.25) is 5.15 Å². The Hall–Kier alpha value is -2.40. The number of aliphatic hydroxyl groups is 1. The average molecular weight is 401 g/mol. The topological polar surface area (TPSA) is 86.2 Å². The summed E-state index contributed by atoms with van der Waals surface area (Å²) in [4.78, 5) is 13.4. The van der Waals surface area contributed by atoms with Gasteiger partial charge in [0, 0.05) is 12.8 Å². The zero-order valence-electron chi connectivity index (χ0n) is 15.8. The summed E-state index contributed by atoms with van der Waals surface area (Å²) in [6, 6.07) is 3.67. The van der Waals surface area contributed by atoms with Crippen molar-refractivity contribution in [1.29, 1.82) is 0 Å². The molecule has 0 aliphatic carbocycles. The van der Waals surface area contributed by atoms with Crippen LogP contribution in [0.4, 0.5) is 0 Å². The number of unbranched alkanes of at least 4 members (excludes halogenated alkanes) is 2. The predicted octanol–water partition coefficient (Wildman–Crippen LogP) is 3.87. The van der Waals surface area contributed by atoms with E-state index in [4.69, 9.17) is 20.8 Å². The van der Waals surface area contributed by atoms with Crippen molar-refractivity contribution in [2.45, 2.75) is 51.9 Å². The van der Waals surface area contributed by atoms with E-state index in [1.807, 2.05) is 19.1 Å². The van der Waals surface area contributed by atoms with Crippen molar-refractivity contribution in [2.24, 2.45) is 0 Å². The molecule has 2 atom stereocenters. The monoisotopic (exact) mass is 400 g/mol. The summed E-state index contributed by atoms with van der Waals surface area (Å²) in [5.41, 5.74) is 0.891. The van der Waals surface area contributed by atoms with Crippen molar-refractivity contribution in [3.8, 4) is 23.4 Å². The Balaban J connectivity index is 1.88. The van der Waals surface area contributed by atoms with Crippen molar-refractivity contribution in [1.82, 2.24) is 19.5 Å². The first-order chi connectivity index (χ1) is 13.6. The lowest BCUT2D eigenvalue weighted by molar-refractivity contribution is -0.00536. The number of aliphatic hydroxyl groups excluding tert-OH is 1. The highest BCUT2D eigenvalue weighted by Gasteiger charge is 2.33. The third-order valence-electron chi connectivity index (χ3n) is 4.60. The summed E-state index contributed by atoms with van der Waals surface area (Å²) >= 11 is 6.39. The SMILES string of the molecule is CCCCC#Cc1nc(Cl)c2nc(-c3ccc(C)o3)n([C@@H]3OCC[C@H]3O)c2n1. The molecule has 1 N–H and O–H groups in total. The number of aromatic nitrogens is 4. The standard InChI is InChI=1S/C20H21ClN4O3/c1-3-4-5-6-7-15-22-17(21)16-19(23-15)25(20-13(26)10-11-27-20)18(24-16)14-9-8-12(2)28-14/h8-9,13,20,26H,3-5,10-11H2,1-2H3/t13-,20-/m1/s1. The second-order valence-electron chi connectivity index (χ2n) is 6.75. The number of hydrogen-bond acceptors (Lipinski definition) is 6. The van der Waals surface area contributed by atoms with Gasteiger partial charge in [-0.25, -0.2) is 15.0 Å². The van der Waals surface area contributed by atoms with Gasteiger partial charge >= 0.3 is 0 Å². The minimum atomic E-state index is -0.681. The van der Waals surface area contributed by atoms with Crippen molar-refractivity contribution in [2.75, 3.05) is 6.61 Å². The molecule has 4 rings (SSSR count). The number of imidazole rings is 1. The normalized spacial score (nSPS) is 19.1. The number of hydrogen-bond donors (Lipinski definition) is 1. The van der Waals surface area contributed by atoms with E-state index in [1.165, 1.54) is 0 Å². The molecule has 0 unspecified atom stereocenters. The van der Waals surface area contributed by atoms with Crippen LogP contribution in [0.1, 0.15) is 50.4 Å². The van der Waals surface area contributed by atoms with Gasteiger partial charge in [0.1, 0.15) is 17.4 Å². The summed E-state index contributed by atoms with van der Waals surface area (Å²) < 4.78 is 13.3. The summed E-state index contributed by atoms with van der Waals surface area (Å²) in [5.74, 6) is 8.15. The fourth-order valence-corrected chi connectivity index (χ4v) is 3.39. The Bertz CT molecular complexity index is 1060. The molecule has 1 aliphatic heterocycles. The molecule has 7 nitrogen and oxygen atoms in total. The van der Waals surface area contributed by atoms with E-state index in [0.29, 0.717) is 41.6 Å². The number of halogens is 1. The molecule has 1 aliphatic rings. The zero-order valence-corrected chi connectivity index (χ0v) is 16.5. The molecule has 0 saturated carbocycles. The Morgan fingerprint density at radius 1 is 1.32 bits per heavy atom. The number of nitrogens with zero attached hydrogens (tertiary/aromatic N) is 4. The van der Waals surface area contributed by atoms with Crippen LogP contribution in [0.3, 0.4) is 0 Å². The average Bonchev–Trinajstić information content (AvgIpc) is 3.37. The molecule has 0 aromatic carbocycles. The largest absolute Gasteiger partial charge is 0.458 e. The molecule has 1 fully saturated rings. The van der Waals surface area contributed by atoms with Crippen LogP contribution in [-0.2, 0) is 4.74 Å². The van der Waals surface area contributed by atoms with Crippen LogP contribution in [0.25, 0.3) is 22.7 Å². The maximum atomic E-state index is 10.4. The molecule has 3 aromatic rings. The number of ether oxygens (including phenoxy) is 1. The van der Waals surface area contributed by atoms with Gasteiger partial charge in [-0.3, -0.25) is 4.57 Å². The number of rotatable bonds is 4. The first kappa shape index (κ1) is 18.9. The van der Waals surface area contributed by atoms with Crippen molar-refractivity contribution in [3.63, 3.8) is 0 Å². The smallest absolute Gasteiger partial charge is 0.208 e. The molecule has 1 saturated heterocycles. The van der Waals surface area contributed by atoms with E-state index in [2.05, 4.69) is 33.7 Å². The Morgan fingerprint density at radius 2 is 2.18 bits per heavy atom. The van der Waals surface area contributed by atoms with E-state index in [-0.39, 0.29) is 5.15 Å². The van der Waals surface area contributed by atoms with Crippen LogP contribution in [0.5, 0.6) is 0 Å². The zero-order chi connectivity index (χ0) is 19.7. The highest BCUT2D eigenvalue weighted by atomic mass is 35.5. The fourth-order valence-electron chi connectivity index (χ4n) is 3.18. The van der Waals surface area contributed by atoms with E-state index in [1.54, 1.807) is 4.57 Å².